The van der Waals surface area contributed by atoms with E-state index in [0.29, 0.717) is 13.0 Å². The summed E-state index contributed by atoms with van der Waals surface area (Å²) < 4.78 is 13.1. The molecule has 0 radical (unpaired) electrons. The fraction of sp³-hybridized carbons (Fsp3) is 0.417. The van der Waals surface area contributed by atoms with Crippen LogP contribution in [0.2, 0.25) is 0 Å². The summed E-state index contributed by atoms with van der Waals surface area (Å²) >= 11 is 0. The second-order valence-electron chi connectivity index (χ2n) is 4.44. The lowest BCUT2D eigenvalue weighted by molar-refractivity contribution is -0.119. The van der Waals surface area contributed by atoms with E-state index in [4.69, 9.17) is 10.8 Å². The van der Waals surface area contributed by atoms with Gasteiger partial charge in [-0.05, 0) is 25.3 Å². The Bertz CT molecular complexity index is 521. The van der Waals surface area contributed by atoms with Gasteiger partial charge in [-0.1, -0.05) is 0 Å². The fourth-order valence-corrected chi connectivity index (χ4v) is 2.30. The molecule has 0 aromatic carbocycles. The minimum Gasteiger partial charge on any atom is -0.478 e. The van der Waals surface area contributed by atoms with Gasteiger partial charge in [-0.2, -0.15) is 0 Å². The van der Waals surface area contributed by atoms with Gasteiger partial charge in [0.2, 0.25) is 5.91 Å². The van der Waals surface area contributed by atoms with Gasteiger partial charge >= 0.3 is 5.97 Å². The highest BCUT2D eigenvalue weighted by Gasteiger charge is 2.30. The molecule has 0 saturated carbocycles. The Labute approximate surface area is 109 Å². The SMILES string of the molecule is NC(=O)C1CCCCN1c1ncc(F)cc1C(=O)O. The fourth-order valence-electron chi connectivity index (χ4n) is 2.30. The van der Waals surface area contributed by atoms with E-state index >= 15 is 0 Å². The van der Waals surface area contributed by atoms with Crippen LogP contribution in [-0.2, 0) is 4.79 Å². The van der Waals surface area contributed by atoms with E-state index in [0.717, 1.165) is 25.1 Å². The molecule has 102 valence electrons. The van der Waals surface area contributed by atoms with Crippen LogP contribution < -0.4 is 10.6 Å². The Morgan fingerprint density at radius 3 is 2.84 bits per heavy atom. The van der Waals surface area contributed by atoms with E-state index in [1.54, 1.807) is 4.90 Å². The van der Waals surface area contributed by atoms with E-state index in [1.807, 2.05) is 0 Å². The molecule has 1 atom stereocenters. The molecule has 0 bridgehead atoms. The molecule has 0 aliphatic carbocycles. The van der Waals surface area contributed by atoms with E-state index in [2.05, 4.69) is 4.98 Å². The Morgan fingerprint density at radius 2 is 2.21 bits per heavy atom. The molecule has 7 heteroatoms. The highest BCUT2D eigenvalue weighted by Crippen LogP contribution is 2.26. The Kier molecular flexibility index (Phi) is 3.64. The average Bonchev–Trinajstić information content (AvgIpc) is 2.38. The van der Waals surface area contributed by atoms with Crippen molar-refractivity contribution < 1.29 is 19.1 Å². The second-order valence-corrected chi connectivity index (χ2v) is 4.44. The van der Waals surface area contributed by atoms with Crippen LogP contribution in [0.4, 0.5) is 10.2 Å². The molecule has 3 N–H and O–H groups in total. The molecule has 2 heterocycles. The number of halogens is 1. The summed E-state index contributed by atoms with van der Waals surface area (Å²) in [5.41, 5.74) is 5.06. The number of carboxylic acids is 1. The standard InChI is InChI=1S/C12H14FN3O3/c13-7-5-8(12(18)19)11(15-6-7)16-4-2-1-3-9(16)10(14)17/h5-6,9H,1-4H2,(H2,14,17)(H,18,19). The van der Waals surface area contributed by atoms with Crippen molar-refractivity contribution in [2.75, 3.05) is 11.4 Å². The molecule has 2 rings (SSSR count). The number of pyridine rings is 1. The third-order valence-corrected chi connectivity index (χ3v) is 3.17. The average molecular weight is 267 g/mol. The van der Waals surface area contributed by atoms with Crippen LogP contribution in [0.25, 0.3) is 0 Å². The lowest BCUT2D eigenvalue weighted by atomic mass is 10.0. The molecule has 0 spiro atoms. The van der Waals surface area contributed by atoms with Crippen LogP contribution in [-0.4, -0.2) is 34.6 Å². The third kappa shape index (κ3) is 2.64. The van der Waals surface area contributed by atoms with Gasteiger partial charge < -0.3 is 15.7 Å². The van der Waals surface area contributed by atoms with Crippen molar-refractivity contribution in [3.8, 4) is 0 Å². The number of hydrogen-bond donors (Lipinski definition) is 2. The molecule has 6 nitrogen and oxygen atoms in total. The zero-order valence-electron chi connectivity index (χ0n) is 10.2. The molecule has 1 amide bonds. The summed E-state index contributed by atoms with van der Waals surface area (Å²) in [4.78, 5) is 27.9. The van der Waals surface area contributed by atoms with Gasteiger partial charge in [0.15, 0.2) is 0 Å². The Balaban J connectivity index is 2.44. The maximum Gasteiger partial charge on any atom is 0.339 e. The number of hydrogen-bond acceptors (Lipinski definition) is 4. The zero-order valence-corrected chi connectivity index (χ0v) is 10.2. The number of carbonyl (C=O) groups is 2. The molecular weight excluding hydrogens is 253 g/mol. The van der Waals surface area contributed by atoms with Gasteiger partial charge in [-0.25, -0.2) is 14.2 Å². The van der Waals surface area contributed by atoms with Gasteiger partial charge in [0.25, 0.3) is 0 Å². The van der Waals surface area contributed by atoms with Crippen molar-refractivity contribution in [1.82, 2.24) is 4.98 Å². The van der Waals surface area contributed by atoms with Crippen molar-refractivity contribution in [2.45, 2.75) is 25.3 Å². The number of nitrogens with two attached hydrogens (primary N) is 1. The number of anilines is 1. The largest absolute Gasteiger partial charge is 0.478 e. The number of carbonyl (C=O) groups excluding carboxylic acids is 1. The lowest BCUT2D eigenvalue weighted by Crippen LogP contribution is -2.48. The second kappa shape index (κ2) is 5.21. The Hall–Kier alpha value is -2.18. The molecule has 1 aromatic rings. The first kappa shape index (κ1) is 13.3. The molecule has 19 heavy (non-hydrogen) atoms. The zero-order chi connectivity index (χ0) is 14.0. The number of nitrogens with zero attached hydrogens (tertiary/aromatic N) is 2. The van der Waals surface area contributed by atoms with E-state index in [1.165, 1.54) is 0 Å². The highest BCUT2D eigenvalue weighted by molar-refractivity contribution is 5.94. The third-order valence-electron chi connectivity index (χ3n) is 3.17. The van der Waals surface area contributed by atoms with Gasteiger partial charge in [0, 0.05) is 6.54 Å². The van der Waals surface area contributed by atoms with Crippen LogP contribution >= 0.6 is 0 Å². The van der Waals surface area contributed by atoms with Crippen molar-refractivity contribution in [2.24, 2.45) is 5.73 Å². The molecule has 1 aliphatic rings. The van der Waals surface area contributed by atoms with E-state index in [9.17, 15) is 14.0 Å². The van der Waals surface area contributed by atoms with Crippen molar-refractivity contribution >= 4 is 17.7 Å². The first-order valence-corrected chi connectivity index (χ1v) is 5.95. The number of rotatable bonds is 3. The monoisotopic (exact) mass is 267 g/mol. The minimum atomic E-state index is -1.28. The summed E-state index contributed by atoms with van der Waals surface area (Å²) in [6.45, 7) is 0.479. The number of primary amides is 1. The molecule has 1 fully saturated rings. The highest BCUT2D eigenvalue weighted by atomic mass is 19.1. The maximum absolute atomic E-state index is 13.1. The van der Waals surface area contributed by atoms with Crippen LogP contribution in [0.15, 0.2) is 12.3 Å². The molecule has 1 aromatic heterocycles. The molecule has 1 saturated heterocycles. The predicted octanol–water partition coefficient (Wildman–Crippen LogP) is 0.763. The summed E-state index contributed by atoms with van der Waals surface area (Å²) in [6.07, 6.45) is 3.14. The van der Waals surface area contributed by atoms with Crippen molar-refractivity contribution in [3.05, 3.63) is 23.6 Å². The first-order chi connectivity index (χ1) is 9.00. The van der Waals surface area contributed by atoms with Crippen LogP contribution in [0, 0.1) is 5.82 Å². The van der Waals surface area contributed by atoms with Gasteiger partial charge in [0.05, 0.1) is 6.20 Å². The number of amides is 1. The molecule has 1 aliphatic heterocycles. The summed E-state index contributed by atoms with van der Waals surface area (Å²) in [5, 5.41) is 9.10. The minimum absolute atomic E-state index is 0.0948. The number of aromatic nitrogens is 1. The van der Waals surface area contributed by atoms with Crippen LogP contribution in [0.3, 0.4) is 0 Å². The predicted molar refractivity (Wildman–Crippen MR) is 65.3 cm³/mol. The number of aromatic carboxylic acids is 1. The van der Waals surface area contributed by atoms with Crippen LogP contribution in [0.1, 0.15) is 29.6 Å². The molecule has 1 unspecified atom stereocenters. The van der Waals surface area contributed by atoms with Crippen molar-refractivity contribution in [3.63, 3.8) is 0 Å². The summed E-state index contributed by atoms with van der Waals surface area (Å²) in [7, 11) is 0. The van der Waals surface area contributed by atoms with E-state index in [-0.39, 0.29) is 11.4 Å². The van der Waals surface area contributed by atoms with Crippen LogP contribution in [0.5, 0.6) is 0 Å². The normalized spacial score (nSPS) is 19.2. The summed E-state index contributed by atoms with van der Waals surface area (Å²) in [6, 6.07) is 0.307. The summed E-state index contributed by atoms with van der Waals surface area (Å²) in [5.74, 6) is -2.44. The topological polar surface area (TPSA) is 96.5 Å². The smallest absolute Gasteiger partial charge is 0.339 e. The molecular formula is C12H14FN3O3. The number of piperidine rings is 1. The maximum atomic E-state index is 13.1. The first-order valence-electron chi connectivity index (χ1n) is 5.95. The van der Waals surface area contributed by atoms with Gasteiger partial charge in [-0.3, -0.25) is 4.79 Å². The van der Waals surface area contributed by atoms with E-state index < -0.39 is 23.7 Å². The van der Waals surface area contributed by atoms with Gasteiger partial charge in [0.1, 0.15) is 23.2 Å². The Morgan fingerprint density at radius 1 is 1.47 bits per heavy atom. The van der Waals surface area contributed by atoms with Crippen molar-refractivity contribution in [1.29, 1.82) is 0 Å². The lowest BCUT2D eigenvalue weighted by Gasteiger charge is -2.35. The quantitative estimate of drug-likeness (QED) is 0.842. The number of carboxylic acid groups (broad SMARTS) is 1. The van der Waals surface area contributed by atoms with Gasteiger partial charge in [-0.15, -0.1) is 0 Å².